The zero-order chi connectivity index (χ0) is 21.3. The number of benzene rings is 2. The Morgan fingerprint density at radius 1 is 1.20 bits per heavy atom. The quantitative estimate of drug-likeness (QED) is 0.373. The number of aromatic hydroxyl groups is 1. The Bertz CT molecular complexity index is 870. The number of amides is 1. The van der Waals surface area contributed by atoms with Crippen LogP contribution in [-0.4, -0.2) is 36.5 Å². The minimum atomic E-state index is -0.425. The SMILES string of the molecule is CCCOc1ccc(C2CC(C(=O)N/N=C/c3cccc(OCC)c3O)NN2)cc1. The van der Waals surface area contributed by atoms with Gasteiger partial charge in [-0.2, -0.15) is 5.10 Å². The molecule has 4 N–H and O–H groups in total. The monoisotopic (exact) mass is 412 g/mol. The molecule has 0 bridgehead atoms. The first-order chi connectivity index (χ1) is 14.6. The molecule has 1 saturated heterocycles. The van der Waals surface area contributed by atoms with Crippen LogP contribution in [0, 0.1) is 0 Å². The van der Waals surface area contributed by atoms with E-state index >= 15 is 0 Å². The average molecular weight is 412 g/mol. The molecule has 160 valence electrons. The second kappa shape index (κ2) is 10.6. The lowest BCUT2D eigenvalue weighted by molar-refractivity contribution is -0.122. The molecule has 8 nitrogen and oxygen atoms in total. The molecule has 1 amide bonds. The minimum absolute atomic E-state index is 0.00978. The van der Waals surface area contributed by atoms with Gasteiger partial charge >= 0.3 is 0 Å². The van der Waals surface area contributed by atoms with Crippen LogP contribution in [-0.2, 0) is 4.79 Å². The smallest absolute Gasteiger partial charge is 0.258 e. The first-order valence-electron chi connectivity index (χ1n) is 10.1. The van der Waals surface area contributed by atoms with Gasteiger partial charge in [0.2, 0.25) is 0 Å². The van der Waals surface area contributed by atoms with Crippen LogP contribution in [0.25, 0.3) is 0 Å². The van der Waals surface area contributed by atoms with Gasteiger partial charge in [-0.1, -0.05) is 25.1 Å². The van der Waals surface area contributed by atoms with E-state index in [2.05, 4.69) is 28.3 Å². The van der Waals surface area contributed by atoms with Gasteiger partial charge in [-0.25, -0.2) is 16.3 Å². The number of phenolic OH excluding ortho intramolecular Hbond substituents is 1. The third-order valence-corrected chi connectivity index (χ3v) is 4.68. The molecule has 2 aromatic rings. The lowest BCUT2D eigenvalue weighted by Gasteiger charge is -2.11. The summed E-state index contributed by atoms with van der Waals surface area (Å²) in [4.78, 5) is 12.4. The molecule has 0 saturated carbocycles. The Balaban J connectivity index is 1.52. The first kappa shape index (κ1) is 21.6. The van der Waals surface area contributed by atoms with E-state index < -0.39 is 6.04 Å². The molecule has 0 spiro atoms. The van der Waals surface area contributed by atoms with Crippen LogP contribution in [0.3, 0.4) is 0 Å². The molecule has 0 radical (unpaired) electrons. The highest BCUT2D eigenvalue weighted by molar-refractivity contribution is 5.87. The maximum atomic E-state index is 12.4. The Morgan fingerprint density at radius 2 is 2.00 bits per heavy atom. The van der Waals surface area contributed by atoms with Crippen molar-refractivity contribution in [2.45, 2.75) is 38.8 Å². The van der Waals surface area contributed by atoms with E-state index in [1.54, 1.807) is 18.2 Å². The van der Waals surface area contributed by atoms with Crippen LogP contribution < -0.4 is 25.8 Å². The van der Waals surface area contributed by atoms with Crippen molar-refractivity contribution < 1.29 is 19.4 Å². The van der Waals surface area contributed by atoms with Crippen LogP contribution in [0.1, 0.15) is 43.9 Å². The maximum absolute atomic E-state index is 12.4. The van der Waals surface area contributed by atoms with E-state index in [9.17, 15) is 9.90 Å². The number of rotatable bonds is 9. The summed E-state index contributed by atoms with van der Waals surface area (Å²) in [5, 5.41) is 14.1. The molecule has 0 aliphatic carbocycles. The highest BCUT2D eigenvalue weighted by Gasteiger charge is 2.30. The summed E-state index contributed by atoms with van der Waals surface area (Å²) in [5.41, 5.74) is 10.2. The van der Waals surface area contributed by atoms with Crippen molar-refractivity contribution in [2.75, 3.05) is 13.2 Å². The minimum Gasteiger partial charge on any atom is -0.504 e. The van der Waals surface area contributed by atoms with Crippen molar-refractivity contribution in [1.82, 2.24) is 16.3 Å². The number of nitrogens with one attached hydrogen (secondary N) is 3. The number of para-hydroxylation sites is 1. The van der Waals surface area contributed by atoms with Crippen LogP contribution in [0.2, 0.25) is 0 Å². The Kier molecular flexibility index (Phi) is 7.64. The Morgan fingerprint density at radius 3 is 2.73 bits per heavy atom. The molecule has 0 aromatic heterocycles. The third-order valence-electron chi connectivity index (χ3n) is 4.68. The van der Waals surface area contributed by atoms with E-state index in [0.717, 1.165) is 17.7 Å². The summed E-state index contributed by atoms with van der Waals surface area (Å²) in [6, 6.07) is 12.6. The molecule has 1 fully saturated rings. The molecule has 3 rings (SSSR count). The van der Waals surface area contributed by atoms with E-state index in [0.29, 0.717) is 30.9 Å². The number of phenols is 1. The molecular weight excluding hydrogens is 384 g/mol. The Hall–Kier alpha value is -3.10. The topological polar surface area (TPSA) is 104 Å². The van der Waals surface area contributed by atoms with Crippen molar-refractivity contribution in [2.24, 2.45) is 5.10 Å². The molecule has 2 aromatic carbocycles. The fraction of sp³-hybridized carbons (Fsp3) is 0.364. The lowest BCUT2D eigenvalue weighted by atomic mass is 10.0. The highest BCUT2D eigenvalue weighted by atomic mass is 16.5. The summed E-state index contributed by atoms with van der Waals surface area (Å²) in [5.74, 6) is 0.948. The van der Waals surface area contributed by atoms with Gasteiger partial charge in [0, 0.05) is 11.6 Å². The fourth-order valence-electron chi connectivity index (χ4n) is 3.12. The summed E-state index contributed by atoms with van der Waals surface area (Å²) in [6.07, 6.45) is 2.94. The molecule has 2 unspecified atom stereocenters. The van der Waals surface area contributed by atoms with Crippen molar-refractivity contribution in [3.05, 3.63) is 53.6 Å². The fourth-order valence-corrected chi connectivity index (χ4v) is 3.12. The van der Waals surface area contributed by atoms with Gasteiger partial charge in [0.15, 0.2) is 11.5 Å². The maximum Gasteiger partial charge on any atom is 0.258 e. The largest absolute Gasteiger partial charge is 0.504 e. The second-order valence-corrected chi connectivity index (χ2v) is 6.91. The molecule has 8 heteroatoms. The predicted molar refractivity (Wildman–Crippen MR) is 115 cm³/mol. The van der Waals surface area contributed by atoms with E-state index in [-0.39, 0.29) is 17.7 Å². The summed E-state index contributed by atoms with van der Waals surface area (Å²) >= 11 is 0. The zero-order valence-electron chi connectivity index (χ0n) is 17.2. The van der Waals surface area contributed by atoms with E-state index in [1.807, 2.05) is 31.2 Å². The molecule has 1 aliphatic heterocycles. The summed E-state index contributed by atoms with van der Waals surface area (Å²) < 4.78 is 10.9. The van der Waals surface area contributed by atoms with Crippen LogP contribution in [0.5, 0.6) is 17.2 Å². The number of nitrogens with zero attached hydrogens (tertiary/aromatic N) is 1. The number of hydrogen-bond acceptors (Lipinski definition) is 7. The van der Waals surface area contributed by atoms with Gasteiger partial charge in [-0.15, -0.1) is 0 Å². The Labute approximate surface area is 176 Å². The van der Waals surface area contributed by atoms with Crippen LogP contribution in [0.15, 0.2) is 47.6 Å². The molecule has 2 atom stereocenters. The molecule has 1 aliphatic rings. The first-order valence-corrected chi connectivity index (χ1v) is 10.1. The molecule has 30 heavy (non-hydrogen) atoms. The van der Waals surface area contributed by atoms with E-state index in [4.69, 9.17) is 9.47 Å². The second-order valence-electron chi connectivity index (χ2n) is 6.91. The lowest BCUT2D eigenvalue weighted by Crippen LogP contribution is -2.41. The van der Waals surface area contributed by atoms with Crippen LogP contribution >= 0.6 is 0 Å². The third kappa shape index (κ3) is 5.49. The summed E-state index contributed by atoms with van der Waals surface area (Å²) in [7, 11) is 0. The zero-order valence-corrected chi connectivity index (χ0v) is 17.2. The number of carbonyl (C=O) groups is 1. The van der Waals surface area contributed by atoms with E-state index in [1.165, 1.54) is 6.21 Å². The van der Waals surface area contributed by atoms with Gasteiger partial charge in [0.25, 0.3) is 5.91 Å². The van der Waals surface area contributed by atoms with Gasteiger partial charge in [0.05, 0.1) is 19.4 Å². The van der Waals surface area contributed by atoms with Gasteiger partial charge in [0.1, 0.15) is 11.8 Å². The van der Waals surface area contributed by atoms with Gasteiger partial charge < -0.3 is 14.6 Å². The number of ether oxygens (including phenoxy) is 2. The van der Waals surface area contributed by atoms with Crippen LogP contribution in [0.4, 0.5) is 0 Å². The number of hydrazine groups is 1. The van der Waals surface area contributed by atoms with Gasteiger partial charge in [-0.3, -0.25) is 4.79 Å². The highest BCUT2D eigenvalue weighted by Crippen LogP contribution is 2.28. The van der Waals surface area contributed by atoms with Crippen molar-refractivity contribution >= 4 is 12.1 Å². The molecular formula is C22H28N4O4. The number of hydrazone groups is 1. The number of hydrogen-bond donors (Lipinski definition) is 4. The molecule has 1 heterocycles. The summed E-state index contributed by atoms with van der Waals surface area (Å²) in [6.45, 7) is 5.04. The normalized spacial score (nSPS) is 18.5. The average Bonchev–Trinajstić information content (AvgIpc) is 3.26. The van der Waals surface area contributed by atoms with Crippen molar-refractivity contribution in [3.63, 3.8) is 0 Å². The predicted octanol–water partition coefficient (Wildman–Crippen LogP) is 2.64. The number of carbonyl (C=O) groups excluding carboxylic acids is 1. The van der Waals surface area contributed by atoms with Crippen molar-refractivity contribution in [1.29, 1.82) is 0 Å². The van der Waals surface area contributed by atoms with Crippen molar-refractivity contribution in [3.8, 4) is 17.2 Å². The standard InChI is InChI=1S/C22H28N4O4/c1-3-12-30-17-10-8-15(9-11-17)18-13-19(25-24-18)22(28)26-23-14-16-6-5-7-20(21(16)27)29-4-2/h5-11,14,18-19,24-25,27H,3-4,12-13H2,1-2H3,(H,26,28)/b23-14+. The van der Waals surface area contributed by atoms with Gasteiger partial charge in [-0.05, 0) is 49.6 Å².